The normalized spacial score (nSPS) is 11.9. The van der Waals surface area contributed by atoms with Crippen LogP contribution < -0.4 is 5.32 Å². The van der Waals surface area contributed by atoms with Crippen molar-refractivity contribution in [2.24, 2.45) is 0 Å². The van der Waals surface area contributed by atoms with E-state index in [0.717, 1.165) is 17.7 Å². The number of benzene rings is 4. The molecule has 6 nitrogen and oxygen atoms in total. The largest absolute Gasteiger partial charge is 0.478 e. The number of aromatic nitrogens is 2. The number of fused-ring (bicyclic) bond motifs is 1. The van der Waals surface area contributed by atoms with Gasteiger partial charge in [-0.05, 0) is 83.8 Å². The number of halogens is 4. The fourth-order valence-corrected chi connectivity index (χ4v) is 5.09. The number of hydrogen-bond acceptors (Lipinski definition) is 3. The summed E-state index contributed by atoms with van der Waals surface area (Å²) in [6, 6.07) is 17.7. The molecule has 0 unspecified atom stereocenters. The predicted molar refractivity (Wildman–Crippen MR) is 150 cm³/mol. The third-order valence-corrected chi connectivity index (χ3v) is 6.93. The van der Waals surface area contributed by atoms with Gasteiger partial charge in [-0.25, -0.2) is 13.6 Å². The zero-order valence-corrected chi connectivity index (χ0v) is 22.5. The molecule has 0 fully saturated rings. The molecule has 0 saturated heterocycles. The van der Waals surface area contributed by atoms with E-state index in [-0.39, 0.29) is 17.7 Å². The second-order valence-electron chi connectivity index (χ2n) is 9.29. The molecule has 0 aliphatic rings. The van der Waals surface area contributed by atoms with Crippen LogP contribution in [0.25, 0.3) is 22.0 Å². The molecule has 1 aromatic heterocycles. The standard InChI is InChI=1S/C30H21Cl2F2N3O3/c1-16(18-2-4-19(5-3-18)30(39)40)36-29(38)25-11-21(20-6-7-26(33)27(34)12-20)10-22-14-35-37(28(22)25)15-17-8-23(31)13-24(32)9-17/h2-14,16H,15H2,1H3,(H,36,38)(H,39,40)/t16-/m0/s1. The second kappa shape index (κ2) is 11.1. The van der Waals surface area contributed by atoms with Crippen LogP contribution in [-0.4, -0.2) is 26.8 Å². The highest BCUT2D eigenvalue weighted by Gasteiger charge is 2.20. The first kappa shape index (κ1) is 27.3. The Kier molecular flexibility index (Phi) is 7.56. The molecule has 2 N–H and O–H groups in total. The van der Waals surface area contributed by atoms with Crippen LogP contribution in [0, 0.1) is 11.6 Å². The summed E-state index contributed by atoms with van der Waals surface area (Å²) in [7, 11) is 0. The first-order chi connectivity index (χ1) is 19.1. The van der Waals surface area contributed by atoms with Gasteiger partial charge < -0.3 is 10.4 Å². The van der Waals surface area contributed by atoms with Crippen LogP contribution in [0.3, 0.4) is 0 Å². The minimum Gasteiger partial charge on any atom is -0.478 e. The lowest BCUT2D eigenvalue weighted by Gasteiger charge is -2.17. The SMILES string of the molecule is C[C@H](NC(=O)c1cc(-c2ccc(F)c(F)c2)cc2cnn(Cc3cc(Cl)cc(Cl)c3)c12)c1ccc(C(=O)O)cc1. The van der Waals surface area contributed by atoms with Crippen LogP contribution in [0.1, 0.15) is 44.8 Å². The van der Waals surface area contributed by atoms with Gasteiger partial charge in [0, 0.05) is 15.4 Å². The van der Waals surface area contributed by atoms with E-state index < -0.39 is 29.6 Å². The Morgan fingerprint density at radius 1 is 0.925 bits per heavy atom. The number of amides is 1. The van der Waals surface area contributed by atoms with Crippen molar-refractivity contribution in [1.82, 2.24) is 15.1 Å². The van der Waals surface area contributed by atoms with E-state index in [0.29, 0.717) is 37.6 Å². The van der Waals surface area contributed by atoms with Gasteiger partial charge in [0.2, 0.25) is 0 Å². The number of carboxylic acid groups (broad SMARTS) is 1. The van der Waals surface area contributed by atoms with Crippen molar-refractivity contribution in [3.05, 3.63) is 123 Å². The van der Waals surface area contributed by atoms with Crippen molar-refractivity contribution in [2.75, 3.05) is 0 Å². The molecule has 1 atom stereocenters. The minimum absolute atomic E-state index is 0.133. The third kappa shape index (κ3) is 5.68. The molecule has 202 valence electrons. The number of carboxylic acids is 1. The van der Waals surface area contributed by atoms with E-state index in [1.165, 1.54) is 18.2 Å². The van der Waals surface area contributed by atoms with Gasteiger partial charge in [-0.1, -0.05) is 41.4 Å². The average Bonchev–Trinajstić information content (AvgIpc) is 3.31. The summed E-state index contributed by atoms with van der Waals surface area (Å²) in [6.45, 7) is 2.04. The van der Waals surface area contributed by atoms with Crippen molar-refractivity contribution in [2.45, 2.75) is 19.5 Å². The fourth-order valence-electron chi connectivity index (χ4n) is 4.52. The Balaban J connectivity index is 1.57. The number of hydrogen-bond donors (Lipinski definition) is 2. The molecule has 4 aromatic carbocycles. The van der Waals surface area contributed by atoms with E-state index in [2.05, 4.69) is 10.4 Å². The average molecular weight is 580 g/mol. The topological polar surface area (TPSA) is 84.2 Å². The van der Waals surface area contributed by atoms with Gasteiger partial charge in [-0.15, -0.1) is 0 Å². The van der Waals surface area contributed by atoms with Gasteiger partial charge in [0.1, 0.15) is 0 Å². The number of aromatic carboxylic acids is 1. The number of carbonyl (C=O) groups is 2. The molecule has 10 heteroatoms. The highest BCUT2D eigenvalue weighted by Crippen LogP contribution is 2.30. The van der Waals surface area contributed by atoms with Crippen molar-refractivity contribution < 1.29 is 23.5 Å². The Hall–Kier alpha value is -4.27. The van der Waals surface area contributed by atoms with Crippen LogP contribution in [0.2, 0.25) is 10.0 Å². The Morgan fingerprint density at radius 2 is 1.62 bits per heavy atom. The monoisotopic (exact) mass is 579 g/mol. The van der Waals surface area contributed by atoms with E-state index in [1.54, 1.807) is 60.3 Å². The lowest BCUT2D eigenvalue weighted by Crippen LogP contribution is -2.27. The van der Waals surface area contributed by atoms with Gasteiger partial charge >= 0.3 is 5.97 Å². The Labute approximate surface area is 237 Å². The lowest BCUT2D eigenvalue weighted by molar-refractivity contribution is 0.0696. The molecule has 40 heavy (non-hydrogen) atoms. The molecule has 0 aliphatic heterocycles. The maximum atomic E-state index is 14.1. The molecular formula is C30H21Cl2F2N3O3. The molecule has 5 aromatic rings. The van der Waals surface area contributed by atoms with E-state index in [4.69, 9.17) is 28.3 Å². The van der Waals surface area contributed by atoms with E-state index in [1.807, 2.05) is 0 Å². The van der Waals surface area contributed by atoms with Gasteiger partial charge in [-0.2, -0.15) is 5.10 Å². The van der Waals surface area contributed by atoms with Crippen LogP contribution >= 0.6 is 23.2 Å². The zero-order chi connectivity index (χ0) is 28.6. The first-order valence-electron chi connectivity index (χ1n) is 12.1. The third-order valence-electron chi connectivity index (χ3n) is 6.49. The van der Waals surface area contributed by atoms with Crippen molar-refractivity contribution >= 4 is 46.0 Å². The number of nitrogens with zero attached hydrogens (tertiary/aromatic N) is 2. The molecule has 5 rings (SSSR count). The Morgan fingerprint density at radius 3 is 2.27 bits per heavy atom. The summed E-state index contributed by atoms with van der Waals surface area (Å²) < 4.78 is 29.3. The Bertz CT molecular complexity index is 1750. The molecule has 0 radical (unpaired) electrons. The summed E-state index contributed by atoms with van der Waals surface area (Å²) in [5, 5.41) is 18.1. The number of nitrogens with one attached hydrogen (secondary N) is 1. The van der Waals surface area contributed by atoms with Crippen molar-refractivity contribution in [1.29, 1.82) is 0 Å². The maximum Gasteiger partial charge on any atom is 0.335 e. The summed E-state index contributed by atoms with van der Waals surface area (Å²) in [5.41, 5.74) is 3.28. The van der Waals surface area contributed by atoms with Crippen LogP contribution in [0.5, 0.6) is 0 Å². The maximum absolute atomic E-state index is 14.1. The van der Waals surface area contributed by atoms with E-state index >= 15 is 0 Å². The van der Waals surface area contributed by atoms with Gasteiger partial charge in [0.25, 0.3) is 5.91 Å². The van der Waals surface area contributed by atoms with Gasteiger partial charge in [-0.3, -0.25) is 9.48 Å². The highest BCUT2D eigenvalue weighted by molar-refractivity contribution is 6.34. The summed E-state index contributed by atoms with van der Waals surface area (Å²) in [4.78, 5) is 24.9. The molecule has 0 aliphatic carbocycles. The van der Waals surface area contributed by atoms with Crippen LogP contribution in [-0.2, 0) is 6.54 Å². The lowest BCUT2D eigenvalue weighted by atomic mass is 9.99. The second-order valence-corrected chi connectivity index (χ2v) is 10.2. The molecule has 0 bridgehead atoms. The molecule has 0 spiro atoms. The van der Waals surface area contributed by atoms with Crippen molar-refractivity contribution in [3.63, 3.8) is 0 Å². The summed E-state index contributed by atoms with van der Waals surface area (Å²) in [5.74, 6) is -3.46. The van der Waals surface area contributed by atoms with Crippen molar-refractivity contribution in [3.8, 4) is 11.1 Å². The van der Waals surface area contributed by atoms with E-state index in [9.17, 15) is 18.4 Å². The first-order valence-corrected chi connectivity index (χ1v) is 12.9. The minimum atomic E-state index is -1.05. The van der Waals surface area contributed by atoms with Crippen LogP contribution in [0.15, 0.2) is 79.0 Å². The van der Waals surface area contributed by atoms with Crippen LogP contribution in [0.4, 0.5) is 8.78 Å². The summed E-state index contributed by atoms with van der Waals surface area (Å²) in [6.07, 6.45) is 1.59. The van der Waals surface area contributed by atoms with Gasteiger partial charge in [0.15, 0.2) is 11.6 Å². The quantitative estimate of drug-likeness (QED) is 0.209. The molecule has 0 saturated carbocycles. The smallest absolute Gasteiger partial charge is 0.335 e. The predicted octanol–water partition coefficient (Wildman–Crippen LogP) is 7.53. The number of rotatable bonds is 7. The fraction of sp³-hybridized carbons (Fsp3) is 0.100. The molecule has 1 heterocycles. The molecule has 1 amide bonds. The highest BCUT2D eigenvalue weighted by atomic mass is 35.5. The van der Waals surface area contributed by atoms with Gasteiger partial charge in [0.05, 0.1) is 35.4 Å². The summed E-state index contributed by atoms with van der Waals surface area (Å²) >= 11 is 12.4. The molecular weight excluding hydrogens is 559 g/mol. The zero-order valence-electron chi connectivity index (χ0n) is 21.0. The number of carbonyl (C=O) groups excluding carboxylic acids is 1.